The number of nitrogens with one attached hydrogen (secondary N) is 2. The molecule has 96 valence electrons. The largest absolute Gasteiger partial charge is 0.359 e. The number of thioether (sulfide) groups is 1. The second-order valence-electron chi connectivity index (χ2n) is 3.26. The molecule has 5 heteroatoms. The number of benzene rings is 1. The van der Waals surface area contributed by atoms with Crippen molar-refractivity contribution in [2.45, 2.75) is 11.3 Å². The Morgan fingerprint density at radius 2 is 2.00 bits per heavy atom. The summed E-state index contributed by atoms with van der Waals surface area (Å²) in [6.45, 7) is 0.952. The van der Waals surface area contributed by atoms with Gasteiger partial charge in [-0.25, -0.2) is 0 Å². The van der Waals surface area contributed by atoms with E-state index in [0.717, 1.165) is 24.7 Å². The Labute approximate surface area is 125 Å². The molecular weight excluding hydrogens is 345 g/mol. The molecule has 0 saturated heterocycles. The number of nitrogens with zero attached hydrogens (tertiary/aromatic N) is 1. The Hall–Kier alpha value is -0.430. The van der Waals surface area contributed by atoms with Gasteiger partial charge in [-0.05, 0) is 24.3 Å². The maximum atomic E-state index is 4.05. The molecule has 3 nitrogen and oxygen atoms in total. The first kappa shape index (κ1) is 16.6. The van der Waals surface area contributed by atoms with Gasteiger partial charge in [0.25, 0.3) is 0 Å². The van der Waals surface area contributed by atoms with Gasteiger partial charge in [0.1, 0.15) is 0 Å². The Kier molecular flexibility index (Phi) is 10.4. The second kappa shape index (κ2) is 10.7. The van der Waals surface area contributed by atoms with Crippen LogP contribution in [0.2, 0.25) is 0 Å². The van der Waals surface area contributed by atoms with E-state index >= 15 is 0 Å². The molecule has 0 radical (unpaired) electrons. The molecule has 0 saturated carbocycles. The minimum atomic E-state index is 0. The maximum absolute atomic E-state index is 4.05. The van der Waals surface area contributed by atoms with Crippen molar-refractivity contribution in [3.63, 3.8) is 0 Å². The van der Waals surface area contributed by atoms with Crippen molar-refractivity contribution in [3.8, 4) is 0 Å². The van der Waals surface area contributed by atoms with Crippen LogP contribution in [0.25, 0.3) is 0 Å². The van der Waals surface area contributed by atoms with Crippen molar-refractivity contribution >= 4 is 41.7 Å². The molecule has 0 unspecified atom stereocenters. The van der Waals surface area contributed by atoms with Crippen LogP contribution >= 0.6 is 35.7 Å². The molecule has 0 amide bonds. The molecule has 1 aromatic carbocycles. The van der Waals surface area contributed by atoms with Gasteiger partial charge in [0.2, 0.25) is 0 Å². The highest BCUT2D eigenvalue weighted by Crippen LogP contribution is 2.17. The van der Waals surface area contributed by atoms with Crippen molar-refractivity contribution in [3.05, 3.63) is 30.3 Å². The summed E-state index contributed by atoms with van der Waals surface area (Å²) < 4.78 is 0. The van der Waals surface area contributed by atoms with Crippen LogP contribution in [0.3, 0.4) is 0 Å². The molecule has 0 aliphatic rings. The molecule has 17 heavy (non-hydrogen) atoms. The highest BCUT2D eigenvalue weighted by atomic mass is 127. The molecule has 2 N–H and O–H groups in total. The molecule has 1 aromatic rings. The van der Waals surface area contributed by atoms with Crippen LogP contribution in [0, 0.1) is 0 Å². The number of hydrogen-bond donors (Lipinski definition) is 2. The summed E-state index contributed by atoms with van der Waals surface area (Å²) >= 11 is 1.89. The second-order valence-corrected chi connectivity index (χ2v) is 4.43. The lowest BCUT2D eigenvalue weighted by atomic mass is 10.4. The van der Waals surface area contributed by atoms with Gasteiger partial charge in [0, 0.05) is 25.5 Å². The standard InChI is InChI=1S/C12H19N3S.HI/c1-13-12(14-2)15-9-6-10-16-11-7-4-3-5-8-11;/h3-5,7-8H,6,9-10H2,1-2H3,(H2,13,14,15);1H. The van der Waals surface area contributed by atoms with Crippen LogP contribution in [0.1, 0.15) is 6.42 Å². The molecule has 0 aliphatic carbocycles. The summed E-state index contributed by atoms with van der Waals surface area (Å²) in [6, 6.07) is 10.5. The Morgan fingerprint density at radius 3 is 2.59 bits per heavy atom. The number of halogens is 1. The minimum Gasteiger partial charge on any atom is -0.359 e. The van der Waals surface area contributed by atoms with E-state index in [1.54, 1.807) is 7.05 Å². The van der Waals surface area contributed by atoms with Crippen LogP contribution in [0.15, 0.2) is 40.2 Å². The molecule has 0 fully saturated rings. The normalized spacial score (nSPS) is 10.6. The van der Waals surface area contributed by atoms with Crippen molar-refractivity contribution < 1.29 is 0 Å². The highest BCUT2D eigenvalue weighted by Gasteiger charge is 1.94. The summed E-state index contributed by atoms with van der Waals surface area (Å²) in [7, 11) is 3.64. The van der Waals surface area contributed by atoms with Crippen molar-refractivity contribution in [1.29, 1.82) is 0 Å². The van der Waals surface area contributed by atoms with E-state index in [4.69, 9.17) is 0 Å². The number of rotatable bonds is 5. The van der Waals surface area contributed by atoms with Gasteiger partial charge in [-0.1, -0.05) is 18.2 Å². The van der Waals surface area contributed by atoms with E-state index in [0.29, 0.717) is 0 Å². The van der Waals surface area contributed by atoms with Crippen molar-refractivity contribution in [1.82, 2.24) is 10.6 Å². The fourth-order valence-corrected chi connectivity index (χ4v) is 2.14. The van der Waals surface area contributed by atoms with Crippen molar-refractivity contribution in [2.75, 3.05) is 26.4 Å². The van der Waals surface area contributed by atoms with Gasteiger partial charge in [-0.15, -0.1) is 35.7 Å². The maximum Gasteiger partial charge on any atom is 0.190 e. The molecular formula is C12H20IN3S. The van der Waals surface area contributed by atoms with Crippen LogP contribution in [-0.2, 0) is 0 Å². The smallest absolute Gasteiger partial charge is 0.190 e. The molecule has 0 aromatic heterocycles. The molecule has 0 spiro atoms. The molecule has 0 bridgehead atoms. The van der Waals surface area contributed by atoms with E-state index in [-0.39, 0.29) is 24.0 Å². The average Bonchev–Trinajstić information content (AvgIpc) is 2.35. The van der Waals surface area contributed by atoms with Gasteiger partial charge in [0.15, 0.2) is 5.96 Å². The van der Waals surface area contributed by atoms with E-state index in [1.165, 1.54) is 4.90 Å². The predicted octanol–water partition coefficient (Wildman–Crippen LogP) is 2.58. The third kappa shape index (κ3) is 7.49. The van der Waals surface area contributed by atoms with Gasteiger partial charge in [-0.3, -0.25) is 4.99 Å². The number of aliphatic imine (C=N–C) groups is 1. The first-order valence-corrected chi connectivity index (χ1v) is 6.41. The average molecular weight is 365 g/mol. The Morgan fingerprint density at radius 1 is 1.29 bits per heavy atom. The van der Waals surface area contributed by atoms with Crippen LogP contribution in [-0.4, -0.2) is 32.4 Å². The summed E-state index contributed by atoms with van der Waals surface area (Å²) in [5, 5.41) is 6.22. The third-order valence-corrected chi connectivity index (χ3v) is 3.18. The monoisotopic (exact) mass is 365 g/mol. The summed E-state index contributed by atoms with van der Waals surface area (Å²) in [5.41, 5.74) is 0. The number of guanidine groups is 1. The quantitative estimate of drug-likeness (QED) is 0.277. The fourth-order valence-electron chi connectivity index (χ4n) is 1.26. The topological polar surface area (TPSA) is 36.4 Å². The predicted molar refractivity (Wildman–Crippen MR) is 87.6 cm³/mol. The molecule has 1 rings (SSSR count). The van der Waals surface area contributed by atoms with Crippen LogP contribution in [0.5, 0.6) is 0 Å². The van der Waals surface area contributed by atoms with Gasteiger partial charge < -0.3 is 10.6 Å². The highest BCUT2D eigenvalue weighted by molar-refractivity contribution is 14.0. The third-order valence-electron chi connectivity index (χ3n) is 2.09. The zero-order valence-corrected chi connectivity index (χ0v) is 13.4. The minimum absolute atomic E-state index is 0. The van der Waals surface area contributed by atoms with E-state index in [1.807, 2.05) is 24.9 Å². The summed E-state index contributed by atoms with van der Waals surface area (Å²) in [6.07, 6.45) is 1.13. The summed E-state index contributed by atoms with van der Waals surface area (Å²) in [5.74, 6) is 1.97. The van der Waals surface area contributed by atoms with Crippen molar-refractivity contribution in [2.24, 2.45) is 4.99 Å². The molecule has 0 heterocycles. The fraction of sp³-hybridized carbons (Fsp3) is 0.417. The zero-order valence-electron chi connectivity index (χ0n) is 10.3. The first-order valence-electron chi connectivity index (χ1n) is 5.43. The molecule has 0 aliphatic heterocycles. The lowest BCUT2D eigenvalue weighted by Crippen LogP contribution is -2.35. The Bertz CT molecular complexity index is 317. The SMILES string of the molecule is CN=C(NC)NCCCSc1ccccc1.I. The van der Waals surface area contributed by atoms with E-state index < -0.39 is 0 Å². The van der Waals surface area contributed by atoms with Crippen LogP contribution < -0.4 is 10.6 Å². The Balaban J connectivity index is 0.00000256. The van der Waals surface area contributed by atoms with Crippen LogP contribution in [0.4, 0.5) is 0 Å². The van der Waals surface area contributed by atoms with Gasteiger partial charge >= 0.3 is 0 Å². The van der Waals surface area contributed by atoms with Gasteiger partial charge in [0.05, 0.1) is 0 Å². The summed E-state index contributed by atoms with van der Waals surface area (Å²) in [4.78, 5) is 5.38. The zero-order chi connectivity index (χ0) is 11.6. The lowest BCUT2D eigenvalue weighted by Gasteiger charge is -2.07. The van der Waals surface area contributed by atoms with Gasteiger partial charge in [-0.2, -0.15) is 0 Å². The first-order chi connectivity index (χ1) is 7.86. The number of hydrogen-bond acceptors (Lipinski definition) is 2. The van der Waals surface area contributed by atoms with E-state index in [2.05, 4.69) is 39.9 Å². The molecule has 0 atom stereocenters. The van der Waals surface area contributed by atoms with E-state index in [9.17, 15) is 0 Å². The lowest BCUT2D eigenvalue weighted by molar-refractivity contribution is 0.819.